The third-order valence-corrected chi connectivity index (χ3v) is 5.81. The lowest BCUT2D eigenvalue weighted by Crippen LogP contribution is -2.24. The number of benzene rings is 1. The van der Waals surface area contributed by atoms with Crippen LogP contribution in [-0.4, -0.2) is 0 Å². The van der Waals surface area contributed by atoms with Crippen molar-refractivity contribution in [3.05, 3.63) is 76.3 Å². The van der Waals surface area contributed by atoms with E-state index < -0.39 is 0 Å². The Labute approximate surface area is 132 Å². The molecular weight excluding hydrogens is 272 g/mol. The van der Waals surface area contributed by atoms with Crippen LogP contribution in [0.25, 0.3) is 0 Å². The van der Waals surface area contributed by atoms with Crippen molar-refractivity contribution in [2.24, 2.45) is 0 Å². The maximum absolute atomic E-state index is 2.41. The summed E-state index contributed by atoms with van der Waals surface area (Å²) >= 11 is 1.98. The number of thioether (sulfide) groups is 1. The van der Waals surface area contributed by atoms with Crippen LogP contribution in [0.1, 0.15) is 39.2 Å². The van der Waals surface area contributed by atoms with Crippen molar-refractivity contribution < 1.29 is 0 Å². The summed E-state index contributed by atoms with van der Waals surface area (Å²) in [7, 11) is 0. The number of hydrogen-bond acceptors (Lipinski definition) is 1. The van der Waals surface area contributed by atoms with E-state index in [1.165, 1.54) is 21.6 Å². The lowest BCUT2D eigenvalue weighted by molar-refractivity contribution is 0.564. The molecule has 1 atom stereocenters. The molecule has 0 spiro atoms. The van der Waals surface area contributed by atoms with E-state index >= 15 is 0 Å². The average Bonchev–Trinajstić information content (AvgIpc) is 2.76. The molecule has 0 radical (unpaired) electrons. The topological polar surface area (TPSA) is 0 Å². The zero-order valence-electron chi connectivity index (χ0n) is 13.0. The Kier molecular flexibility index (Phi) is 3.95. The lowest BCUT2D eigenvalue weighted by Gasteiger charge is -2.32. The number of fused-ring (bicyclic) bond motifs is 3. The fraction of sp³-hybridized carbons (Fsp3) is 0.300. The van der Waals surface area contributed by atoms with Crippen LogP contribution in [0, 0.1) is 0 Å². The molecule has 0 nitrogen and oxygen atoms in total. The van der Waals surface area contributed by atoms with E-state index in [4.69, 9.17) is 0 Å². The second-order valence-corrected chi connectivity index (χ2v) is 7.16. The first-order valence-corrected chi connectivity index (χ1v) is 8.43. The molecule has 2 aliphatic rings. The second-order valence-electron chi connectivity index (χ2n) is 6.11. The Bertz CT molecular complexity index is 673. The number of allylic oxidation sites excluding steroid dienone is 8. The Hall–Kier alpha value is -1.47. The quantitative estimate of drug-likeness (QED) is 0.600. The van der Waals surface area contributed by atoms with Gasteiger partial charge in [-0.15, -0.1) is 0 Å². The van der Waals surface area contributed by atoms with Gasteiger partial charge in [0.05, 0.1) is 0 Å². The second kappa shape index (κ2) is 5.73. The third kappa shape index (κ3) is 2.55. The summed E-state index contributed by atoms with van der Waals surface area (Å²) in [6.45, 7) is 6.73. The van der Waals surface area contributed by atoms with Gasteiger partial charge < -0.3 is 0 Å². The first-order valence-electron chi connectivity index (χ1n) is 7.61. The van der Waals surface area contributed by atoms with Gasteiger partial charge in [0.1, 0.15) is 0 Å². The summed E-state index contributed by atoms with van der Waals surface area (Å²) in [5, 5.41) is 0. The van der Waals surface area contributed by atoms with Crippen molar-refractivity contribution in [1.82, 2.24) is 0 Å². The highest BCUT2D eigenvalue weighted by Crippen LogP contribution is 2.58. The van der Waals surface area contributed by atoms with E-state index in [1.807, 2.05) is 11.8 Å². The minimum absolute atomic E-state index is 0.184. The zero-order chi connectivity index (χ0) is 14.9. The molecule has 1 heteroatoms. The lowest BCUT2D eigenvalue weighted by atomic mass is 9.73. The largest absolute Gasteiger partial charge is 0.0930 e. The molecule has 21 heavy (non-hydrogen) atoms. The Morgan fingerprint density at radius 2 is 2.05 bits per heavy atom. The van der Waals surface area contributed by atoms with E-state index in [1.54, 1.807) is 4.91 Å². The number of rotatable bonds is 3. The van der Waals surface area contributed by atoms with Crippen molar-refractivity contribution in [2.75, 3.05) is 0 Å². The summed E-state index contributed by atoms with van der Waals surface area (Å²) in [5.74, 6) is 0. The summed E-state index contributed by atoms with van der Waals surface area (Å²) in [5.41, 5.74) is 4.67. The molecule has 1 unspecified atom stereocenters. The molecular formula is C20H22S. The van der Waals surface area contributed by atoms with Gasteiger partial charge in [-0.1, -0.05) is 72.8 Å². The molecule has 0 saturated carbocycles. The molecule has 0 N–H and O–H groups in total. The van der Waals surface area contributed by atoms with Crippen molar-refractivity contribution in [3.8, 4) is 0 Å². The first-order chi connectivity index (χ1) is 10.1. The normalized spacial score (nSPS) is 24.6. The fourth-order valence-electron chi connectivity index (χ4n) is 3.46. The Morgan fingerprint density at radius 3 is 2.86 bits per heavy atom. The first kappa shape index (κ1) is 14.5. The highest BCUT2D eigenvalue weighted by Gasteiger charge is 2.42. The van der Waals surface area contributed by atoms with E-state index in [9.17, 15) is 0 Å². The van der Waals surface area contributed by atoms with E-state index in [-0.39, 0.29) is 5.41 Å². The fourth-order valence-corrected chi connectivity index (χ4v) is 4.91. The molecule has 0 aromatic heterocycles. The summed E-state index contributed by atoms with van der Waals surface area (Å²) in [6.07, 6.45) is 13.1. The minimum atomic E-state index is 0.184. The van der Waals surface area contributed by atoms with Gasteiger partial charge in [-0.25, -0.2) is 0 Å². The van der Waals surface area contributed by atoms with E-state index in [0.717, 1.165) is 12.8 Å². The van der Waals surface area contributed by atoms with Gasteiger partial charge in [0.15, 0.2) is 0 Å². The predicted octanol–water partition coefficient (Wildman–Crippen LogP) is 6.18. The monoisotopic (exact) mass is 294 g/mol. The van der Waals surface area contributed by atoms with Gasteiger partial charge in [0.2, 0.25) is 0 Å². The van der Waals surface area contributed by atoms with Crippen LogP contribution in [0.5, 0.6) is 0 Å². The highest BCUT2D eigenvalue weighted by atomic mass is 32.2. The van der Waals surface area contributed by atoms with Crippen LogP contribution in [-0.2, 0) is 5.41 Å². The van der Waals surface area contributed by atoms with Crippen LogP contribution in [0.15, 0.2) is 75.6 Å². The van der Waals surface area contributed by atoms with Crippen LogP contribution in [0.2, 0.25) is 0 Å². The van der Waals surface area contributed by atoms with Crippen LogP contribution in [0.3, 0.4) is 0 Å². The summed E-state index contributed by atoms with van der Waals surface area (Å²) < 4.78 is 0. The van der Waals surface area contributed by atoms with Crippen molar-refractivity contribution in [2.45, 2.75) is 43.9 Å². The zero-order valence-corrected chi connectivity index (χ0v) is 13.8. The van der Waals surface area contributed by atoms with E-state index in [2.05, 4.69) is 75.4 Å². The average molecular weight is 294 g/mol. The molecule has 1 aliphatic carbocycles. The van der Waals surface area contributed by atoms with Crippen LogP contribution >= 0.6 is 11.8 Å². The van der Waals surface area contributed by atoms with Crippen molar-refractivity contribution in [1.29, 1.82) is 0 Å². The Morgan fingerprint density at radius 1 is 1.24 bits per heavy atom. The molecule has 0 amide bonds. The van der Waals surface area contributed by atoms with Crippen molar-refractivity contribution >= 4 is 11.8 Å². The van der Waals surface area contributed by atoms with Gasteiger partial charge in [-0.2, -0.15) is 0 Å². The van der Waals surface area contributed by atoms with Crippen LogP contribution < -0.4 is 0 Å². The van der Waals surface area contributed by atoms with E-state index in [0.29, 0.717) is 0 Å². The molecule has 0 fully saturated rings. The Balaban J connectivity index is 2.01. The third-order valence-electron chi connectivity index (χ3n) is 4.32. The summed E-state index contributed by atoms with van der Waals surface area (Å²) in [4.78, 5) is 2.99. The van der Waals surface area contributed by atoms with Gasteiger partial charge in [-0.05, 0) is 43.9 Å². The summed E-state index contributed by atoms with van der Waals surface area (Å²) in [6, 6.07) is 8.90. The predicted molar refractivity (Wildman–Crippen MR) is 93.6 cm³/mol. The molecule has 0 bridgehead atoms. The van der Waals surface area contributed by atoms with Gasteiger partial charge in [0, 0.05) is 15.2 Å². The van der Waals surface area contributed by atoms with Gasteiger partial charge >= 0.3 is 0 Å². The SMILES string of the molecule is C/C=C\C=C/CC1=C2Sc3ccccc3C2(C)CC(C)=C1. The molecule has 108 valence electrons. The van der Waals surface area contributed by atoms with Crippen LogP contribution in [0.4, 0.5) is 0 Å². The minimum Gasteiger partial charge on any atom is -0.0930 e. The molecule has 1 aromatic carbocycles. The molecule has 3 rings (SSSR count). The molecule has 0 saturated heterocycles. The smallest absolute Gasteiger partial charge is 0.0289 e. The standard InChI is InChI=1S/C20H22S/c1-4-5-6-7-10-16-13-15(2)14-20(3)17-11-8-9-12-18(17)21-19(16)20/h4-9,11-13H,10,14H2,1-3H3/b5-4-,7-6-. The maximum atomic E-state index is 2.41. The van der Waals surface area contributed by atoms with Crippen molar-refractivity contribution in [3.63, 3.8) is 0 Å². The molecule has 1 aliphatic heterocycles. The molecule has 1 heterocycles. The maximum Gasteiger partial charge on any atom is 0.0289 e. The van der Waals surface area contributed by atoms with Gasteiger partial charge in [0.25, 0.3) is 0 Å². The molecule has 1 aromatic rings. The number of hydrogen-bond donors (Lipinski definition) is 0. The van der Waals surface area contributed by atoms with Gasteiger partial charge in [-0.3, -0.25) is 0 Å². The highest BCUT2D eigenvalue weighted by molar-refractivity contribution is 8.03.